The molecule has 1 fully saturated rings. The Bertz CT molecular complexity index is 900. The molecule has 1 aliphatic heterocycles. The minimum Gasteiger partial charge on any atom is -0.497 e. The summed E-state index contributed by atoms with van der Waals surface area (Å²) in [6, 6.07) is 12.8. The van der Waals surface area contributed by atoms with E-state index in [1.165, 1.54) is 0 Å². The van der Waals surface area contributed by atoms with Gasteiger partial charge < -0.3 is 14.4 Å². The second kappa shape index (κ2) is 9.74. The molecule has 1 amide bonds. The molecule has 1 aliphatic rings. The first kappa shape index (κ1) is 21.1. The molecule has 5 nitrogen and oxygen atoms in total. The van der Waals surface area contributed by atoms with E-state index in [0.717, 1.165) is 15.8 Å². The van der Waals surface area contributed by atoms with Crippen molar-refractivity contribution in [3.63, 3.8) is 0 Å². The summed E-state index contributed by atoms with van der Waals surface area (Å²) in [6.45, 7) is 1.15. The molecule has 0 N–H and O–H groups in total. The summed E-state index contributed by atoms with van der Waals surface area (Å²) in [5.41, 5.74) is 1.53. The molecule has 29 heavy (non-hydrogen) atoms. The van der Waals surface area contributed by atoms with Gasteiger partial charge in [0.05, 0.1) is 14.2 Å². The summed E-state index contributed by atoms with van der Waals surface area (Å²) >= 11 is 3.43. The van der Waals surface area contributed by atoms with Crippen LogP contribution in [0.2, 0.25) is 0 Å². The standard InChI is InChI=1S/C23H24BrNO4/c1-28-20-7-3-16(4-8-20)23(27)17-11-13-25(14-12-17)22(26)10-5-18-15-19(24)6-9-21(18)29-2/h3-10,15,17H,11-14H2,1-2H3. The van der Waals surface area contributed by atoms with E-state index < -0.39 is 0 Å². The third-order valence-electron chi connectivity index (χ3n) is 5.15. The highest BCUT2D eigenvalue weighted by Gasteiger charge is 2.27. The Morgan fingerprint density at radius 2 is 1.72 bits per heavy atom. The number of benzene rings is 2. The second-order valence-corrected chi connectivity index (χ2v) is 7.83. The van der Waals surface area contributed by atoms with Gasteiger partial charge in [0.15, 0.2) is 5.78 Å². The number of nitrogens with zero attached hydrogens (tertiary/aromatic N) is 1. The maximum atomic E-state index is 12.7. The summed E-state index contributed by atoms with van der Waals surface area (Å²) < 4.78 is 11.4. The minimum atomic E-state index is -0.0541. The van der Waals surface area contributed by atoms with E-state index >= 15 is 0 Å². The molecule has 0 unspecified atom stereocenters. The van der Waals surface area contributed by atoms with Crippen molar-refractivity contribution in [3.8, 4) is 11.5 Å². The monoisotopic (exact) mass is 457 g/mol. The van der Waals surface area contributed by atoms with Crippen LogP contribution in [0.1, 0.15) is 28.8 Å². The number of rotatable bonds is 6. The van der Waals surface area contributed by atoms with Crippen molar-refractivity contribution in [2.75, 3.05) is 27.3 Å². The van der Waals surface area contributed by atoms with Gasteiger partial charge in [-0.15, -0.1) is 0 Å². The lowest BCUT2D eigenvalue weighted by Gasteiger charge is -2.30. The Morgan fingerprint density at radius 1 is 1.03 bits per heavy atom. The van der Waals surface area contributed by atoms with Crippen LogP contribution in [0.4, 0.5) is 0 Å². The van der Waals surface area contributed by atoms with Gasteiger partial charge in [-0.1, -0.05) is 15.9 Å². The zero-order valence-electron chi connectivity index (χ0n) is 16.6. The van der Waals surface area contributed by atoms with E-state index in [0.29, 0.717) is 37.2 Å². The van der Waals surface area contributed by atoms with E-state index in [1.807, 2.05) is 18.2 Å². The molecule has 1 saturated heterocycles. The number of Topliss-reactive ketones (excluding diaryl/α,β-unsaturated/α-hetero) is 1. The first-order valence-electron chi connectivity index (χ1n) is 9.50. The van der Waals surface area contributed by atoms with Crippen molar-refractivity contribution < 1.29 is 19.1 Å². The van der Waals surface area contributed by atoms with Crippen LogP contribution in [0.5, 0.6) is 11.5 Å². The number of halogens is 1. The topological polar surface area (TPSA) is 55.8 Å². The number of carbonyl (C=O) groups excluding carboxylic acids is 2. The number of carbonyl (C=O) groups is 2. The van der Waals surface area contributed by atoms with Crippen LogP contribution in [0.25, 0.3) is 6.08 Å². The highest BCUT2D eigenvalue weighted by atomic mass is 79.9. The van der Waals surface area contributed by atoms with Crippen LogP contribution >= 0.6 is 15.9 Å². The third kappa shape index (κ3) is 5.26. The summed E-state index contributed by atoms with van der Waals surface area (Å²) in [7, 11) is 3.21. The Balaban J connectivity index is 1.58. The Kier molecular flexibility index (Phi) is 7.09. The van der Waals surface area contributed by atoms with Gasteiger partial charge in [0.25, 0.3) is 0 Å². The second-order valence-electron chi connectivity index (χ2n) is 6.91. The van der Waals surface area contributed by atoms with Crippen molar-refractivity contribution in [1.29, 1.82) is 0 Å². The first-order valence-corrected chi connectivity index (χ1v) is 10.3. The average molecular weight is 458 g/mol. The van der Waals surface area contributed by atoms with E-state index in [4.69, 9.17) is 9.47 Å². The zero-order chi connectivity index (χ0) is 20.8. The van der Waals surface area contributed by atoms with Crippen LogP contribution < -0.4 is 9.47 Å². The molecule has 0 saturated carbocycles. The van der Waals surface area contributed by atoms with Crippen molar-refractivity contribution >= 4 is 33.7 Å². The van der Waals surface area contributed by atoms with Gasteiger partial charge in [0.1, 0.15) is 11.5 Å². The molecule has 6 heteroatoms. The lowest BCUT2D eigenvalue weighted by Crippen LogP contribution is -2.39. The highest BCUT2D eigenvalue weighted by Crippen LogP contribution is 2.25. The molecule has 2 aromatic carbocycles. The van der Waals surface area contributed by atoms with E-state index in [-0.39, 0.29) is 17.6 Å². The molecule has 3 rings (SSSR count). The number of ether oxygens (including phenoxy) is 2. The molecule has 0 bridgehead atoms. The minimum absolute atomic E-state index is 0.0534. The normalized spacial score (nSPS) is 14.8. The van der Waals surface area contributed by atoms with Crippen LogP contribution in [0.3, 0.4) is 0 Å². The number of likely N-dealkylation sites (tertiary alicyclic amines) is 1. The zero-order valence-corrected chi connectivity index (χ0v) is 18.1. The van der Waals surface area contributed by atoms with Crippen LogP contribution in [-0.2, 0) is 4.79 Å². The van der Waals surface area contributed by atoms with E-state index in [2.05, 4.69) is 15.9 Å². The fourth-order valence-corrected chi connectivity index (χ4v) is 3.83. The molecule has 1 heterocycles. The largest absolute Gasteiger partial charge is 0.497 e. The number of piperidine rings is 1. The first-order chi connectivity index (χ1) is 14.0. The SMILES string of the molecule is COc1ccc(C(=O)C2CCN(C(=O)C=Cc3cc(Br)ccc3OC)CC2)cc1. The summed E-state index contributed by atoms with van der Waals surface area (Å²) in [5.74, 6) is 1.47. The molecule has 0 radical (unpaired) electrons. The molecule has 0 atom stereocenters. The lowest BCUT2D eigenvalue weighted by molar-refractivity contribution is -0.127. The Morgan fingerprint density at radius 3 is 2.34 bits per heavy atom. The highest BCUT2D eigenvalue weighted by molar-refractivity contribution is 9.10. The van der Waals surface area contributed by atoms with E-state index in [9.17, 15) is 9.59 Å². The van der Waals surface area contributed by atoms with E-state index in [1.54, 1.807) is 55.5 Å². The lowest BCUT2D eigenvalue weighted by atomic mass is 9.89. The van der Waals surface area contributed by atoms with Gasteiger partial charge in [0.2, 0.25) is 5.91 Å². The number of hydrogen-bond donors (Lipinski definition) is 0. The van der Waals surface area contributed by atoms with Crippen LogP contribution in [-0.4, -0.2) is 43.9 Å². The predicted molar refractivity (Wildman–Crippen MR) is 116 cm³/mol. The number of methoxy groups -OCH3 is 2. The van der Waals surface area contributed by atoms with Gasteiger partial charge in [-0.05, 0) is 61.4 Å². The fraction of sp³-hybridized carbons (Fsp3) is 0.304. The maximum absolute atomic E-state index is 12.7. The molecular formula is C23H24BrNO4. The molecule has 152 valence electrons. The summed E-state index contributed by atoms with van der Waals surface area (Å²) in [4.78, 5) is 27.1. The van der Waals surface area contributed by atoms with Gasteiger partial charge in [-0.2, -0.15) is 0 Å². The van der Waals surface area contributed by atoms with Gasteiger partial charge in [-0.25, -0.2) is 0 Å². The molecule has 2 aromatic rings. The van der Waals surface area contributed by atoms with Crippen molar-refractivity contribution in [1.82, 2.24) is 4.90 Å². The van der Waals surface area contributed by atoms with Crippen molar-refractivity contribution in [3.05, 3.63) is 64.1 Å². The fourth-order valence-electron chi connectivity index (χ4n) is 3.45. The number of hydrogen-bond acceptors (Lipinski definition) is 4. The smallest absolute Gasteiger partial charge is 0.246 e. The summed E-state index contributed by atoms with van der Waals surface area (Å²) in [6.07, 6.45) is 4.67. The molecular weight excluding hydrogens is 434 g/mol. The van der Waals surface area contributed by atoms with Crippen LogP contribution in [0.15, 0.2) is 53.0 Å². The van der Waals surface area contributed by atoms with Gasteiger partial charge in [-0.3, -0.25) is 9.59 Å². The van der Waals surface area contributed by atoms with Crippen LogP contribution in [0, 0.1) is 5.92 Å². The Labute approximate surface area is 179 Å². The average Bonchev–Trinajstić information content (AvgIpc) is 2.77. The van der Waals surface area contributed by atoms with Crippen molar-refractivity contribution in [2.24, 2.45) is 5.92 Å². The molecule has 0 aromatic heterocycles. The van der Waals surface area contributed by atoms with Gasteiger partial charge in [0, 0.05) is 40.7 Å². The summed E-state index contributed by atoms with van der Waals surface area (Å²) in [5, 5.41) is 0. The molecule has 0 aliphatic carbocycles. The van der Waals surface area contributed by atoms with Gasteiger partial charge >= 0.3 is 0 Å². The number of amides is 1. The predicted octanol–water partition coefficient (Wildman–Crippen LogP) is 4.60. The molecule has 0 spiro atoms. The number of ketones is 1. The maximum Gasteiger partial charge on any atom is 0.246 e. The Hall–Kier alpha value is -2.60. The quantitative estimate of drug-likeness (QED) is 0.469. The van der Waals surface area contributed by atoms with Crippen molar-refractivity contribution in [2.45, 2.75) is 12.8 Å². The third-order valence-corrected chi connectivity index (χ3v) is 5.64.